The number of benzene rings is 1. The molecule has 0 radical (unpaired) electrons. The van der Waals surface area contributed by atoms with E-state index < -0.39 is 5.97 Å². The van der Waals surface area contributed by atoms with E-state index in [1.165, 1.54) is 0 Å². The number of carboxylic acids is 1. The zero-order chi connectivity index (χ0) is 13.1. The Kier molecular flexibility index (Phi) is 4.17. The van der Waals surface area contributed by atoms with E-state index in [0.29, 0.717) is 24.8 Å². The van der Waals surface area contributed by atoms with Crippen molar-refractivity contribution in [2.24, 2.45) is 11.8 Å². The van der Waals surface area contributed by atoms with Crippen LogP contribution in [0.5, 0.6) is 0 Å². The molecule has 0 saturated heterocycles. The maximum Gasteiger partial charge on any atom is 0.306 e. The van der Waals surface area contributed by atoms with Gasteiger partial charge < -0.3 is 5.11 Å². The largest absolute Gasteiger partial charge is 0.481 e. The van der Waals surface area contributed by atoms with Crippen LogP contribution < -0.4 is 0 Å². The van der Waals surface area contributed by atoms with Gasteiger partial charge in [0.15, 0.2) is 5.78 Å². The first-order valence-electron chi connectivity index (χ1n) is 6.08. The first-order chi connectivity index (χ1) is 8.58. The minimum absolute atomic E-state index is 0.0958. The van der Waals surface area contributed by atoms with E-state index >= 15 is 0 Å². The Bertz CT molecular complexity index is 470. The smallest absolute Gasteiger partial charge is 0.306 e. The molecule has 1 aliphatic carbocycles. The summed E-state index contributed by atoms with van der Waals surface area (Å²) in [5.74, 6) is -0.683. The molecule has 0 bridgehead atoms. The van der Waals surface area contributed by atoms with Crippen LogP contribution in [0.3, 0.4) is 0 Å². The van der Waals surface area contributed by atoms with E-state index in [9.17, 15) is 9.59 Å². The third kappa shape index (κ3) is 2.99. The molecule has 0 heterocycles. The van der Waals surface area contributed by atoms with E-state index in [1.807, 2.05) is 18.2 Å². The number of aliphatic carboxylic acids is 1. The molecule has 1 aromatic rings. The average Bonchev–Trinajstić information content (AvgIpc) is 2.78. The zero-order valence-corrected chi connectivity index (χ0v) is 11.5. The summed E-state index contributed by atoms with van der Waals surface area (Å²) in [7, 11) is 0. The van der Waals surface area contributed by atoms with E-state index in [0.717, 1.165) is 10.9 Å². The Morgan fingerprint density at radius 2 is 2.00 bits per heavy atom. The van der Waals surface area contributed by atoms with E-state index in [1.54, 1.807) is 6.07 Å². The Balaban J connectivity index is 1.97. The molecule has 1 aliphatic rings. The summed E-state index contributed by atoms with van der Waals surface area (Å²) in [5, 5.41) is 8.93. The topological polar surface area (TPSA) is 54.4 Å². The van der Waals surface area contributed by atoms with Gasteiger partial charge >= 0.3 is 5.97 Å². The number of Topliss-reactive ketones (excluding diaryl/α,β-unsaturated/α-hetero) is 1. The van der Waals surface area contributed by atoms with Crippen LogP contribution in [0.25, 0.3) is 0 Å². The average molecular weight is 311 g/mol. The van der Waals surface area contributed by atoms with Crippen LogP contribution in [-0.2, 0) is 4.79 Å². The summed E-state index contributed by atoms with van der Waals surface area (Å²) in [6, 6.07) is 7.36. The predicted molar refractivity (Wildman–Crippen MR) is 71.6 cm³/mol. The van der Waals surface area contributed by atoms with E-state index in [4.69, 9.17) is 5.11 Å². The Morgan fingerprint density at radius 1 is 1.28 bits per heavy atom. The lowest BCUT2D eigenvalue weighted by Crippen LogP contribution is -2.11. The standard InChI is InChI=1S/C14H15BrO3/c15-12-4-2-1-3-11(12)13(16)8-9-5-6-10(7-9)14(17)18/h1-4,9-10H,5-8H2,(H,17,18)/t9-,10+/m1/s1. The van der Waals surface area contributed by atoms with Crippen molar-refractivity contribution in [2.75, 3.05) is 0 Å². The summed E-state index contributed by atoms with van der Waals surface area (Å²) in [5.41, 5.74) is 0.691. The number of halogens is 1. The van der Waals surface area contributed by atoms with Gasteiger partial charge in [0, 0.05) is 16.5 Å². The van der Waals surface area contributed by atoms with Gasteiger partial charge in [0.25, 0.3) is 0 Å². The Morgan fingerprint density at radius 3 is 2.61 bits per heavy atom. The monoisotopic (exact) mass is 310 g/mol. The molecule has 2 atom stereocenters. The SMILES string of the molecule is O=C(C[C@@H]1CC[C@H](C(=O)O)C1)c1ccccc1Br. The van der Waals surface area contributed by atoms with Crippen molar-refractivity contribution in [3.63, 3.8) is 0 Å². The van der Waals surface area contributed by atoms with Crippen molar-refractivity contribution >= 4 is 27.7 Å². The van der Waals surface area contributed by atoms with Gasteiger partial charge in [-0.1, -0.05) is 34.1 Å². The van der Waals surface area contributed by atoms with Gasteiger partial charge in [-0.3, -0.25) is 9.59 Å². The van der Waals surface area contributed by atoms with Crippen molar-refractivity contribution in [1.29, 1.82) is 0 Å². The number of ketones is 1. The van der Waals surface area contributed by atoms with Gasteiger partial charge in [0.05, 0.1) is 5.92 Å². The predicted octanol–water partition coefficient (Wildman–Crippen LogP) is 3.52. The molecule has 1 N–H and O–H groups in total. The highest BCUT2D eigenvalue weighted by atomic mass is 79.9. The molecule has 96 valence electrons. The summed E-state index contributed by atoms with van der Waals surface area (Å²) >= 11 is 3.37. The quantitative estimate of drug-likeness (QED) is 0.866. The first kappa shape index (κ1) is 13.3. The molecule has 2 rings (SSSR count). The molecule has 0 unspecified atom stereocenters. The lowest BCUT2D eigenvalue weighted by atomic mass is 9.96. The minimum atomic E-state index is -0.731. The number of carboxylic acid groups (broad SMARTS) is 1. The molecule has 0 aromatic heterocycles. The molecule has 0 spiro atoms. The van der Waals surface area contributed by atoms with Crippen molar-refractivity contribution in [1.82, 2.24) is 0 Å². The molecule has 1 aromatic carbocycles. The molecule has 0 amide bonds. The van der Waals surface area contributed by atoms with Gasteiger partial charge in [-0.2, -0.15) is 0 Å². The van der Waals surface area contributed by atoms with Crippen molar-refractivity contribution < 1.29 is 14.7 Å². The van der Waals surface area contributed by atoms with Crippen molar-refractivity contribution in [3.05, 3.63) is 34.3 Å². The number of hydrogen-bond donors (Lipinski definition) is 1. The minimum Gasteiger partial charge on any atom is -0.481 e. The van der Waals surface area contributed by atoms with Crippen LogP contribution in [-0.4, -0.2) is 16.9 Å². The molecule has 4 heteroatoms. The fourth-order valence-corrected chi connectivity index (χ4v) is 3.05. The number of hydrogen-bond acceptors (Lipinski definition) is 2. The van der Waals surface area contributed by atoms with Crippen molar-refractivity contribution in [2.45, 2.75) is 25.7 Å². The van der Waals surface area contributed by atoms with Crippen LogP contribution in [0.4, 0.5) is 0 Å². The zero-order valence-electron chi connectivity index (χ0n) is 9.93. The lowest BCUT2D eigenvalue weighted by molar-refractivity contribution is -0.141. The molecular formula is C14H15BrO3. The van der Waals surface area contributed by atoms with E-state index in [-0.39, 0.29) is 17.6 Å². The molecule has 3 nitrogen and oxygen atoms in total. The molecule has 18 heavy (non-hydrogen) atoms. The van der Waals surface area contributed by atoms with Crippen LogP contribution >= 0.6 is 15.9 Å². The molecule has 1 fully saturated rings. The van der Waals surface area contributed by atoms with Gasteiger partial charge in [-0.05, 0) is 31.2 Å². The van der Waals surface area contributed by atoms with Crippen LogP contribution in [0.1, 0.15) is 36.0 Å². The van der Waals surface area contributed by atoms with Gasteiger partial charge in [0.1, 0.15) is 0 Å². The maximum absolute atomic E-state index is 12.1. The summed E-state index contributed by atoms with van der Waals surface area (Å²) in [4.78, 5) is 23.0. The van der Waals surface area contributed by atoms with E-state index in [2.05, 4.69) is 15.9 Å². The van der Waals surface area contributed by atoms with Gasteiger partial charge in [-0.15, -0.1) is 0 Å². The summed E-state index contributed by atoms with van der Waals surface area (Å²) in [6.07, 6.45) is 2.62. The second kappa shape index (κ2) is 5.65. The summed E-state index contributed by atoms with van der Waals surface area (Å²) in [6.45, 7) is 0. The third-order valence-corrected chi connectivity index (χ3v) is 4.23. The fraction of sp³-hybridized carbons (Fsp3) is 0.429. The fourth-order valence-electron chi connectivity index (χ4n) is 2.54. The van der Waals surface area contributed by atoms with Crippen LogP contribution in [0.15, 0.2) is 28.7 Å². The summed E-state index contributed by atoms with van der Waals surface area (Å²) < 4.78 is 0.808. The molecule has 0 aliphatic heterocycles. The lowest BCUT2D eigenvalue weighted by Gasteiger charge is -2.09. The second-order valence-electron chi connectivity index (χ2n) is 4.82. The maximum atomic E-state index is 12.1. The molecular weight excluding hydrogens is 296 g/mol. The second-order valence-corrected chi connectivity index (χ2v) is 5.68. The van der Waals surface area contributed by atoms with Gasteiger partial charge in [-0.25, -0.2) is 0 Å². The van der Waals surface area contributed by atoms with Gasteiger partial charge in [0.2, 0.25) is 0 Å². The van der Waals surface area contributed by atoms with Crippen LogP contribution in [0.2, 0.25) is 0 Å². The molecule has 1 saturated carbocycles. The number of carbonyl (C=O) groups excluding carboxylic acids is 1. The highest BCUT2D eigenvalue weighted by Gasteiger charge is 2.31. The normalized spacial score (nSPS) is 22.9. The highest BCUT2D eigenvalue weighted by molar-refractivity contribution is 9.10. The third-order valence-electron chi connectivity index (χ3n) is 3.54. The Labute approximate surface area is 114 Å². The highest BCUT2D eigenvalue weighted by Crippen LogP contribution is 2.34. The van der Waals surface area contributed by atoms with Crippen LogP contribution in [0, 0.1) is 11.8 Å². The van der Waals surface area contributed by atoms with Crippen molar-refractivity contribution in [3.8, 4) is 0 Å². The number of rotatable bonds is 4. The number of carbonyl (C=O) groups is 2. The first-order valence-corrected chi connectivity index (χ1v) is 6.87. The Hall–Kier alpha value is -1.16.